The number of piperidine rings is 1. The van der Waals surface area contributed by atoms with Crippen LogP contribution in [0.4, 0.5) is 4.39 Å². The van der Waals surface area contributed by atoms with Gasteiger partial charge in [-0.15, -0.1) is 0 Å². The predicted molar refractivity (Wildman–Crippen MR) is 99.6 cm³/mol. The van der Waals surface area contributed by atoms with E-state index in [-0.39, 0.29) is 17.3 Å². The van der Waals surface area contributed by atoms with E-state index in [0.29, 0.717) is 6.54 Å². The number of fused-ring (bicyclic) bond motifs is 1. The number of hydrogen-bond donors (Lipinski definition) is 2. The summed E-state index contributed by atoms with van der Waals surface area (Å²) in [6.07, 6.45) is 5.04. The Labute approximate surface area is 151 Å². The Morgan fingerprint density at radius 3 is 3.00 bits per heavy atom. The maximum absolute atomic E-state index is 13.5. The monoisotopic (exact) mass is 354 g/mol. The Morgan fingerprint density at radius 1 is 1.31 bits per heavy atom. The predicted octanol–water partition coefficient (Wildman–Crippen LogP) is 3.73. The van der Waals surface area contributed by atoms with Crippen molar-refractivity contribution < 1.29 is 4.39 Å². The Kier molecular flexibility index (Phi) is 4.36. The van der Waals surface area contributed by atoms with Crippen molar-refractivity contribution in [2.75, 3.05) is 6.54 Å². The summed E-state index contributed by atoms with van der Waals surface area (Å²) in [4.78, 5) is 25.8. The molecule has 0 radical (unpaired) electrons. The number of halogens is 1. The molecule has 2 N–H and O–H groups in total. The van der Waals surface area contributed by atoms with Crippen LogP contribution in [0.5, 0.6) is 0 Å². The smallest absolute Gasteiger partial charge is 0.187 e. The van der Waals surface area contributed by atoms with Crippen molar-refractivity contribution in [3.63, 3.8) is 0 Å². The molecule has 1 aromatic carbocycles. The van der Waals surface area contributed by atoms with E-state index >= 15 is 0 Å². The van der Waals surface area contributed by atoms with Crippen LogP contribution < -0.4 is 5.43 Å². The SMILES string of the molecule is Cc1c[nH]c(CN2CCCC[C@H]2c2nc3ccc(F)cc3[nH]2)c(C)c1=O. The third-order valence-electron chi connectivity index (χ3n) is 5.37. The summed E-state index contributed by atoms with van der Waals surface area (Å²) in [5.41, 5.74) is 4.08. The van der Waals surface area contributed by atoms with Gasteiger partial charge in [-0.2, -0.15) is 0 Å². The number of aryl methyl sites for hydroxylation is 1. The molecule has 0 unspecified atom stereocenters. The van der Waals surface area contributed by atoms with Gasteiger partial charge >= 0.3 is 0 Å². The molecule has 3 aromatic rings. The Bertz CT molecular complexity index is 1010. The van der Waals surface area contributed by atoms with Crippen LogP contribution in [0.15, 0.2) is 29.2 Å². The first-order valence-corrected chi connectivity index (χ1v) is 9.10. The van der Waals surface area contributed by atoms with E-state index in [2.05, 4.69) is 19.9 Å². The molecule has 2 aromatic heterocycles. The number of aromatic nitrogens is 3. The van der Waals surface area contributed by atoms with E-state index in [1.54, 1.807) is 12.3 Å². The number of benzene rings is 1. The summed E-state index contributed by atoms with van der Waals surface area (Å²) in [6.45, 7) is 5.33. The van der Waals surface area contributed by atoms with Crippen LogP contribution in [0.2, 0.25) is 0 Å². The van der Waals surface area contributed by atoms with Crippen molar-refractivity contribution in [3.8, 4) is 0 Å². The van der Waals surface area contributed by atoms with Gasteiger partial charge in [0.15, 0.2) is 5.43 Å². The lowest BCUT2D eigenvalue weighted by Gasteiger charge is -2.34. The van der Waals surface area contributed by atoms with Crippen LogP contribution in [-0.4, -0.2) is 26.4 Å². The highest BCUT2D eigenvalue weighted by atomic mass is 19.1. The van der Waals surface area contributed by atoms with Crippen molar-refractivity contribution >= 4 is 11.0 Å². The van der Waals surface area contributed by atoms with Crippen LogP contribution in [0.3, 0.4) is 0 Å². The molecule has 4 rings (SSSR count). The molecule has 0 amide bonds. The van der Waals surface area contributed by atoms with Crippen molar-refractivity contribution in [2.45, 2.75) is 45.7 Å². The number of pyridine rings is 1. The second-order valence-electron chi connectivity index (χ2n) is 7.17. The zero-order valence-electron chi connectivity index (χ0n) is 15.1. The largest absolute Gasteiger partial charge is 0.363 e. The molecular formula is C20H23FN4O. The van der Waals surface area contributed by atoms with Crippen LogP contribution in [0, 0.1) is 19.7 Å². The standard InChI is InChI=1S/C20H23FN4O/c1-12-10-22-17(13(2)19(12)26)11-25-8-4-3-5-18(25)20-23-15-7-6-14(21)9-16(15)24-20/h6-7,9-10,18H,3-5,8,11H2,1-2H3,(H,22,26)(H,23,24)/t18-/m0/s1. The molecule has 1 fully saturated rings. The van der Waals surface area contributed by atoms with Crippen molar-refractivity contribution in [1.29, 1.82) is 0 Å². The average molecular weight is 354 g/mol. The molecule has 1 aliphatic rings. The van der Waals surface area contributed by atoms with E-state index in [0.717, 1.165) is 59.5 Å². The molecule has 1 aliphatic heterocycles. The minimum atomic E-state index is -0.263. The number of rotatable bonds is 3. The molecule has 1 saturated heterocycles. The third-order valence-corrected chi connectivity index (χ3v) is 5.37. The highest BCUT2D eigenvalue weighted by Gasteiger charge is 2.27. The number of nitrogens with zero attached hydrogens (tertiary/aromatic N) is 2. The number of likely N-dealkylation sites (tertiary alicyclic amines) is 1. The van der Waals surface area contributed by atoms with Gasteiger partial charge in [0, 0.05) is 29.6 Å². The topological polar surface area (TPSA) is 64.8 Å². The molecule has 3 heterocycles. The fraction of sp³-hybridized carbons (Fsp3) is 0.400. The van der Waals surface area contributed by atoms with Gasteiger partial charge in [0.05, 0.1) is 17.1 Å². The van der Waals surface area contributed by atoms with E-state index in [1.807, 2.05) is 13.8 Å². The molecular weight excluding hydrogens is 331 g/mol. The van der Waals surface area contributed by atoms with Crippen LogP contribution in [0.1, 0.15) is 47.9 Å². The fourth-order valence-corrected chi connectivity index (χ4v) is 3.82. The maximum Gasteiger partial charge on any atom is 0.187 e. The van der Waals surface area contributed by atoms with E-state index in [1.165, 1.54) is 12.1 Å². The minimum Gasteiger partial charge on any atom is -0.363 e. The molecule has 0 aliphatic carbocycles. The van der Waals surface area contributed by atoms with Crippen LogP contribution >= 0.6 is 0 Å². The zero-order valence-corrected chi connectivity index (χ0v) is 15.1. The average Bonchev–Trinajstić information content (AvgIpc) is 3.05. The zero-order chi connectivity index (χ0) is 18.3. The highest BCUT2D eigenvalue weighted by molar-refractivity contribution is 5.75. The number of nitrogens with one attached hydrogen (secondary N) is 2. The van der Waals surface area contributed by atoms with Crippen molar-refractivity contribution in [1.82, 2.24) is 19.9 Å². The first kappa shape index (κ1) is 17.0. The van der Waals surface area contributed by atoms with Crippen molar-refractivity contribution in [3.05, 3.63) is 63.1 Å². The van der Waals surface area contributed by atoms with Gasteiger partial charge in [0.1, 0.15) is 11.6 Å². The molecule has 1 atom stereocenters. The summed E-state index contributed by atoms with van der Waals surface area (Å²) in [5, 5.41) is 0. The first-order chi connectivity index (χ1) is 12.5. The van der Waals surface area contributed by atoms with Gasteiger partial charge in [-0.1, -0.05) is 6.42 Å². The van der Waals surface area contributed by atoms with Gasteiger partial charge in [0.25, 0.3) is 0 Å². The van der Waals surface area contributed by atoms with E-state index in [9.17, 15) is 9.18 Å². The molecule has 6 heteroatoms. The van der Waals surface area contributed by atoms with Gasteiger partial charge in [-0.25, -0.2) is 9.37 Å². The minimum absolute atomic E-state index is 0.103. The molecule has 0 saturated carbocycles. The summed E-state index contributed by atoms with van der Waals surface area (Å²) in [5.74, 6) is 0.610. The number of hydrogen-bond acceptors (Lipinski definition) is 3. The first-order valence-electron chi connectivity index (χ1n) is 9.10. The summed E-state index contributed by atoms with van der Waals surface area (Å²) >= 11 is 0. The number of H-pyrrole nitrogens is 2. The lowest BCUT2D eigenvalue weighted by atomic mass is 10.0. The second-order valence-corrected chi connectivity index (χ2v) is 7.17. The van der Waals surface area contributed by atoms with Gasteiger partial charge in [0.2, 0.25) is 0 Å². The normalized spacial score (nSPS) is 18.5. The third kappa shape index (κ3) is 3.05. The second kappa shape index (κ2) is 6.68. The van der Waals surface area contributed by atoms with Gasteiger partial charge < -0.3 is 9.97 Å². The van der Waals surface area contributed by atoms with Gasteiger partial charge in [-0.05, 0) is 51.4 Å². The molecule has 26 heavy (non-hydrogen) atoms. The Balaban J connectivity index is 1.66. The Morgan fingerprint density at radius 2 is 2.15 bits per heavy atom. The highest BCUT2D eigenvalue weighted by Crippen LogP contribution is 2.31. The summed E-state index contributed by atoms with van der Waals surface area (Å²) in [7, 11) is 0. The summed E-state index contributed by atoms with van der Waals surface area (Å²) < 4.78 is 13.5. The maximum atomic E-state index is 13.5. The molecule has 0 spiro atoms. The number of imidazole rings is 1. The van der Waals surface area contributed by atoms with Crippen molar-refractivity contribution in [2.24, 2.45) is 0 Å². The van der Waals surface area contributed by atoms with Crippen LogP contribution in [-0.2, 0) is 6.54 Å². The molecule has 0 bridgehead atoms. The lowest BCUT2D eigenvalue weighted by molar-refractivity contribution is 0.132. The van der Waals surface area contributed by atoms with E-state index < -0.39 is 0 Å². The van der Waals surface area contributed by atoms with Gasteiger partial charge in [-0.3, -0.25) is 9.69 Å². The van der Waals surface area contributed by atoms with E-state index in [4.69, 9.17) is 0 Å². The molecule has 136 valence electrons. The van der Waals surface area contributed by atoms with Crippen LogP contribution in [0.25, 0.3) is 11.0 Å². The number of aromatic amines is 2. The Hall–Kier alpha value is -2.47. The summed E-state index contributed by atoms with van der Waals surface area (Å²) in [6, 6.07) is 4.77. The fourth-order valence-electron chi connectivity index (χ4n) is 3.82. The lowest BCUT2D eigenvalue weighted by Crippen LogP contribution is -2.34. The molecule has 5 nitrogen and oxygen atoms in total. The quantitative estimate of drug-likeness (QED) is 0.753.